The van der Waals surface area contributed by atoms with Crippen LogP contribution in [0.3, 0.4) is 0 Å². The first-order valence-corrected chi connectivity index (χ1v) is 11.8. The molecule has 0 saturated carbocycles. The van der Waals surface area contributed by atoms with Gasteiger partial charge in [0, 0.05) is 26.1 Å². The van der Waals surface area contributed by atoms with Crippen molar-refractivity contribution in [3.05, 3.63) is 29.3 Å². The van der Waals surface area contributed by atoms with E-state index < -0.39 is 30.6 Å². The van der Waals surface area contributed by atoms with E-state index in [9.17, 15) is 14.7 Å². The van der Waals surface area contributed by atoms with E-state index >= 15 is 0 Å². The number of aliphatic hydroxyl groups is 1. The molecular weight excluding hydrogens is 426 g/mol. The first-order chi connectivity index (χ1) is 15.9. The van der Waals surface area contributed by atoms with E-state index in [4.69, 9.17) is 19.9 Å². The lowest BCUT2D eigenvalue weighted by Gasteiger charge is -2.26. The molecule has 0 aromatic heterocycles. The molecule has 4 atom stereocenters. The Kier molecular flexibility index (Phi) is 9.08. The normalized spacial score (nSPS) is 22.2. The zero-order chi connectivity index (χ0) is 24.0. The van der Waals surface area contributed by atoms with E-state index in [-0.39, 0.29) is 18.9 Å². The van der Waals surface area contributed by atoms with Crippen LogP contribution >= 0.6 is 0 Å². The number of amides is 1. The Morgan fingerprint density at radius 1 is 1.21 bits per heavy atom. The number of aliphatic hydroxyl groups excluding tert-OH is 1. The smallest absolute Gasteiger partial charge is 0.328 e. The SMILES string of the molecule is CCCCCOc1ccc2c(c1)CN(C(O)OC1CC(C(=O)OC)N(C(=O)C(N)CC)C1)C2. The quantitative estimate of drug-likeness (QED) is 0.290. The Balaban J connectivity index is 1.57. The standard InChI is InChI=1S/C24H37N3O6/c1-4-6-7-10-32-18-9-8-16-13-26(14-17(16)11-18)24(30)33-19-12-21(23(29)31-3)27(15-19)22(28)20(25)5-2/h8-9,11,19-21,24,30H,4-7,10,12-15,25H2,1-3H3. The van der Waals surface area contributed by atoms with Crippen LogP contribution in [0.5, 0.6) is 5.75 Å². The summed E-state index contributed by atoms with van der Waals surface area (Å²) in [5.41, 5.74) is 8.11. The van der Waals surface area contributed by atoms with Crippen molar-refractivity contribution in [2.45, 2.75) is 83.6 Å². The molecule has 184 valence electrons. The number of ether oxygens (including phenoxy) is 3. The number of carbonyl (C=O) groups is 2. The largest absolute Gasteiger partial charge is 0.494 e. The highest BCUT2D eigenvalue weighted by atomic mass is 16.6. The molecule has 9 nitrogen and oxygen atoms in total. The van der Waals surface area contributed by atoms with Crippen LogP contribution in [0.2, 0.25) is 0 Å². The lowest BCUT2D eigenvalue weighted by Crippen LogP contribution is -2.48. The first-order valence-electron chi connectivity index (χ1n) is 11.8. The molecule has 2 heterocycles. The summed E-state index contributed by atoms with van der Waals surface area (Å²) in [6, 6.07) is 4.54. The van der Waals surface area contributed by atoms with Gasteiger partial charge in [0.25, 0.3) is 0 Å². The van der Waals surface area contributed by atoms with Crippen LogP contribution < -0.4 is 10.5 Å². The molecule has 1 saturated heterocycles. The van der Waals surface area contributed by atoms with Crippen LogP contribution in [0.25, 0.3) is 0 Å². The van der Waals surface area contributed by atoms with Crippen LogP contribution in [0.1, 0.15) is 57.1 Å². The van der Waals surface area contributed by atoms with Crippen molar-refractivity contribution >= 4 is 11.9 Å². The van der Waals surface area contributed by atoms with Gasteiger partial charge in [-0.1, -0.05) is 32.8 Å². The van der Waals surface area contributed by atoms with Gasteiger partial charge in [0.2, 0.25) is 12.3 Å². The van der Waals surface area contributed by atoms with Crippen molar-refractivity contribution in [2.75, 3.05) is 20.3 Å². The third-order valence-electron chi connectivity index (χ3n) is 6.34. The Morgan fingerprint density at radius 2 is 1.97 bits per heavy atom. The van der Waals surface area contributed by atoms with Crippen LogP contribution in [-0.4, -0.2) is 71.6 Å². The maximum absolute atomic E-state index is 12.6. The summed E-state index contributed by atoms with van der Waals surface area (Å²) < 4.78 is 16.6. The third-order valence-corrected chi connectivity index (χ3v) is 6.34. The molecule has 1 aromatic rings. The molecule has 2 aliphatic rings. The summed E-state index contributed by atoms with van der Waals surface area (Å²) in [5.74, 6) is 0.0149. The lowest BCUT2D eigenvalue weighted by molar-refractivity contribution is -0.218. The Morgan fingerprint density at radius 3 is 2.67 bits per heavy atom. The van der Waals surface area contributed by atoms with Crippen LogP contribution in [0, 0.1) is 0 Å². The van der Waals surface area contributed by atoms with Crippen molar-refractivity contribution in [3.63, 3.8) is 0 Å². The number of methoxy groups -OCH3 is 1. The molecular formula is C24H37N3O6. The van der Waals surface area contributed by atoms with Crippen LogP contribution in [0.4, 0.5) is 0 Å². The monoisotopic (exact) mass is 463 g/mol. The number of carbonyl (C=O) groups excluding carboxylic acids is 2. The Hall–Kier alpha value is -2.20. The third kappa shape index (κ3) is 6.23. The Labute approximate surface area is 195 Å². The van der Waals surface area contributed by atoms with E-state index in [1.807, 2.05) is 25.1 Å². The van der Waals surface area contributed by atoms with Gasteiger partial charge in [-0.25, -0.2) is 9.69 Å². The average Bonchev–Trinajstić information content (AvgIpc) is 3.44. The van der Waals surface area contributed by atoms with Crippen molar-refractivity contribution in [1.29, 1.82) is 0 Å². The van der Waals surface area contributed by atoms with Gasteiger partial charge in [-0.15, -0.1) is 0 Å². The molecule has 0 aliphatic carbocycles. The van der Waals surface area contributed by atoms with Crippen molar-refractivity contribution in [3.8, 4) is 5.75 Å². The molecule has 0 radical (unpaired) electrons. The molecule has 1 aromatic carbocycles. The molecule has 0 bridgehead atoms. The maximum Gasteiger partial charge on any atom is 0.328 e. The first kappa shape index (κ1) is 25.4. The molecule has 4 unspecified atom stereocenters. The summed E-state index contributed by atoms with van der Waals surface area (Å²) in [7, 11) is 1.29. The molecule has 9 heteroatoms. The predicted molar refractivity (Wildman–Crippen MR) is 122 cm³/mol. The summed E-state index contributed by atoms with van der Waals surface area (Å²) in [6.07, 6.45) is 2.38. The fourth-order valence-corrected chi connectivity index (χ4v) is 4.33. The van der Waals surface area contributed by atoms with Gasteiger partial charge in [-0.2, -0.15) is 0 Å². The zero-order valence-electron chi connectivity index (χ0n) is 19.9. The summed E-state index contributed by atoms with van der Waals surface area (Å²) in [6.45, 7) is 5.93. The molecule has 0 spiro atoms. The fourth-order valence-electron chi connectivity index (χ4n) is 4.33. The molecule has 2 aliphatic heterocycles. The molecule has 3 N–H and O–H groups in total. The van der Waals surface area contributed by atoms with E-state index in [1.165, 1.54) is 12.0 Å². The predicted octanol–water partition coefficient (Wildman–Crippen LogP) is 1.74. The second kappa shape index (κ2) is 11.8. The van der Waals surface area contributed by atoms with Gasteiger partial charge in [0.1, 0.15) is 11.8 Å². The van der Waals surface area contributed by atoms with Gasteiger partial charge in [0.15, 0.2) is 0 Å². The number of likely N-dealkylation sites (tertiary alicyclic amines) is 1. The van der Waals surface area contributed by atoms with Crippen LogP contribution in [0.15, 0.2) is 18.2 Å². The minimum atomic E-state index is -1.16. The van der Waals surface area contributed by atoms with Crippen molar-refractivity contribution in [1.82, 2.24) is 9.80 Å². The van der Waals surface area contributed by atoms with Gasteiger partial charge in [-0.05, 0) is 36.1 Å². The van der Waals surface area contributed by atoms with Crippen LogP contribution in [-0.2, 0) is 32.2 Å². The van der Waals surface area contributed by atoms with E-state index in [0.717, 1.165) is 36.1 Å². The van der Waals surface area contributed by atoms with E-state index in [2.05, 4.69) is 6.92 Å². The number of fused-ring (bicyclic) bond motifs is 1. The summed E-state index contributed by atoms with van der Waals surface area (Å²) in [5, 5.41) is 10.7. The molecule has 1 amide bonds. The molecule has 3 rings (SSSR count). The second-order valence-corrected chi connectivity index (χ2v) is 8.76. The summed E-state index contributed by atoms with van der Waals surface area (Å²) in [4.78, 5) is 28.1. The molecule has 1 fully saturated rings. The lowest BCUT2D eigenvalue weighted by atomic mass is 10.1. The average molecular weight is 464 g/mol. The highest BCUT2D eigenvalue weighted by Gasteiger charge is 2.43. The number of nitrogens with zero attached hydrogens (tertiary/aromatic N) is 2. The van der Waals surface area contributed by atoms with Gasteiger partial charge in [0.05, 0.1) is 25.9 Å². The highest BCUT2D eigenvalue weighted by molar-refractivity contribution is 5.88. The number of esters is 1. The minimum Gasteiger partial charge on any atom is -0.494 e. The number of benzene rings is 1. The van der Waals surface area contributed by atoms with Gasteiger partial charge >= 0.3 is 5.97 Å². The van der Waals surface area contributed by atoms with Crippen molar-refractivity contribution < 1.29 is 28.9 Å². The maximum atomic E-state index is 12.6. The zero-order valence-corrected chi connectivity index (χ0v) is 19.9. The topological polar surface area (TPSA) is 115 Å². The highest BCUT2D eigenvalue weighted by Crippen LogP contribution is 2.30. The number of hydrogen-bond donors (Lipinski definition) is 2. The Bertz CT molecular complexity index is 819. The van der Waals surface area contributed by atoms with E-state index in [1.54, 1.807) is 4.90 Å². The number of rotatable bonds is 11. The summed E-state index contributed by atoms with van der Waals surface area (Å²) >= 11 is 0. The number of hydrogen-bond acceptors (Lipinski definition) is 8. The van der Waals surface area contributed by atoms with E-state index in [0.29, 0.717) is 26.1 Å². The number of nitrogens with two attached hydrogens (primary N) is 1. The van der Waals surface area contributed by atoms with Gasteiger partial charge in [-0.3, -0.25) is 4.79 Å². The fraction of sp³-hybridized carbons (Fsp3) is 0.667. The number of unbranched alkanes of at least 4 members (excludes halogenated alkanes) is 2. The minimum absolute atomic E-state index is 0.180. The second-order valence-electron chi connectivity index (χ2n) is 8.76. The van der Waals surface area contributed by atoms with Crippen molar-refractivity contribution in [2.24, 2.45) is 5.73 Å². The van der Waals surface area contributed by atoms with Gasteiger partial charge < -0.3 is 30.0 Å². The molecule has 33 heavy (non-hydrogen) atoms.